The summed E-state index contributed by atoms with van der Waals surface area (Å²) in [7, 11) is 1.71. The van der Waals surface area contributed by atoms with E-state index in [-0.39, 0.29) is 11.6 Å². The molecule has 0 aliphatic carbocycles. The van der Waals surface area contributed by atoms with Crippen molar-refractivity contribution in [3.63, 3.8) is 0 Å². The highest BCUT2D eigenvalue weighted by Crippen LogP contribution is 2.20. The first-order valence-electron chi connectivity index (χ1n) is 9.14. The lowest BCUT2D eigenvalue weighted by Gasteiger charge is -2.20. The number of hydrogen-bond acceptors (Lipinski definition) is 7. The van der Waals surface area contributed by atoms with Gasteiger partial charge in [0.05, 0.1) is 6.20 Å². The maximum absolute atomic E-state index is 12.1. The second-order valence-corrected chi connectivity index (χ2v) is 6.30. The molecule has 9 nitrogen and oxygen atoms in total. The Bertz CT molecular complexity index is 947. The second-order valence-electron chi connectivity index (χ2n) is 6.30. The first-order chi connectivity index (χ1) is 13.5. The highest BCUT2D eigenvalue weighted by atomic mass is 16.2. The molecule has 0 aliphatic rings. The van der Waals surface area contributed by atoms with Crippen molar-refractivity contribution >= 4 is 29.0 Å². The third kappa shape index (κ3) is 4.61. The standard InChI is InChI=1S/C19H24N8O/c1-5-27(6-2)17-11-13(3)20-19(23-17)22-15-9-7-14(8-10-15)21-18(28)16-12-26(4)25-24-16/h7-12H,5-6H2,1-4H3,(H,21,28)(H,20,22,23). The number of nitrogens with one attached hydrogen (secondary N) is 2. The van der Waals surface area contributed by atoms with E-state index in [1.165, 1.54) is 4.68 Å². The summed E-state index contributed by atoms with van der Waals surface area (Å²) < 4.78 is 1.48. The molecule has 9 heteroatoms. The minimum Gasteiger partial charge on any atom is -0.357 e. The van der Waals surface area contributed by atoms with Crippen molar-refractivity contribution in [2.45, 2.75) is 20.8 Å². The molecule has 0 atom stereocenters. The van der Waals surface area contributed by atoms with E-state index in [0.717, 1.165) is 30.3 Å². The van der Waals surface area contributed by atoms with Crippen molar-refractivity contribution in [3.8, 4) is 0 Å². The molecule has 0 radical (unpaired) electrons. The smallest absolute Gasteiger partial charge is 0.277 e. The van der Waals surface area contributed by atoms with Gasteiger partial charge in [0.15, 0.2) is 5.69 Å². The van der Waals surface area contributed by atoms with Crippen LogP contribution in [0.4, 0.5) is 23.1 Å². The summed E-state index contributed by atoms with van der Waals surface area (Å²) in [5.41, 5.74) is 2.65. The van der Waals surface area contributed by atoms with Gasteiger partial charge in [-0.15, -0.1) is 5.10 Å². The van der Waals surface area contributed by atoms with Crippen LogP contribution in [0, 0.1) is 6.92 Å². The predicted octanol–water partition coefficient (Wildman–Crippen LogP) is 2.76. The summed E-state index contributed by atoms with van der Waals surface area (Å²) in [5.74, 6) is 1.13. The van der Waals surface area contributed by atoms with Gasteiger partial charge in [0.2, 0.25) is 5.95 Å². The number of anilines is 4. The van der Waals surface area contributed by atoms with Crippen LogP contribution in [0.5, 0.6) is 0 Å². The summed E-state index contributed by atoms with van der Waals surface area (Å²) in [6.07, 6.45) is 1.56. The molecule has 0 unspecified atom stereocenters. The molecule has 146 valence electrons. The van der Waals surface area contributed by atoms with E-state index in [9.17, 15) is 4.79 Å². The van der Waals surface area contributed by atoms with E-state index in [0.29, 0.717) is 11.6 Å². The lowest BCUT2D eigenvalue weighted by molar-refractivity contribution is 0.102. The number of hydrogen-bond donors (Lipinski definition) is 2. The highest BCUT2D eigenvalue weighted by molar-refractivity contribution is 6.02. The van der Waals surface area contributed by atoms with Gasteiger partial charge in [-0.1, -0.05) is 5.21 Å². The number of carbonyl (C=O) groups excluding carboxylic acids is 1. The van der Waals surface area contributed by atoms with Gasteiger partial charge in [-0.3, -0.25) is 9.48 Å². The van der Waals surface area contributed by atoms with Crippen LogP contribution in [0.1, 0.15) is 30.0 Å². The Kier molecular flexibility index (Phi) is 5.83. The zero-order chi connectivity index (χ0) is 20.1. The van der Waals surface area contributed by atoms with E-state index in [1.807, 2.05) is 25.1 Å². The summed E-state index contributed by atoms with van der Waals surface area (Å²) in [4.78, 5) is 23.4. The topological polar surface area (TPSA) is 101 Å². The SMILES string of the molecule is CCN(CC)c1cc(C)nc(Nc2ccc(NC(=O)c3cn(C)nn3)cc2)n1. The molecule has 0 fully saturated rings. The lowest BCUT2D eigenvalue weighted by Crippen LogP contribution is -2.23. The van der Waals surface area contributed by atoms with Gasteiger partial charge in [-0.2, -0.15) is 4.98 Å². The average Bonchev–Trinajstić information content (AvgIpc) is 3.10. The number of nitrogens with zero attached hydrogens (tertiary/aromatic N) is 6. The molecule has 1 aromatic carbocycles. The van der Waals surface area contributed by atoms with Crippen molar-refractivity contribution in [1.29, 1.82) is 0 Å². The molecule has 0 saturated heterocycles. The summed E-state index contributed by atoms with van der Waals surface area (Å²) in [6, 6.07) is 9.29. The molecule has 2 heterocycles. The van der Waals surface area contributed by atoms with Gasteiger partial charge < -0.3 is 15.5 Å². The number of carbonyl (C=O) groups is 1. The molecule has 3 aromatic rings. The van der Waals surface area contributed by atoms with Crippen LogP contribution in [0.3, 0.4) is 0 Å². The lowest BCUT2D eigenvalue weighted by atomic mass is 10.2. The second kappa shape index (κ2) is 8.47. The first-order valence-corrected chi connectivity index (χ1v) is 9.14. The van der Waals surface area contributed by atoms with Crippen molar-refractivity contribution in [3.05, 3.63) is 47.9 Å². The fraction of sp³-hybridized carbons (Fsp3) is 0.316. The van der Waals surface area contributed by atoms with Gasteiger partial charge in [0, 0.05) is 43.3 Å². The van der Waals surface area contributed by atoms with Crippen LogP contribution in [-0.2, 0) is 7.05 Å². The number of aromatic nitrogens is 5. The van der Waals surface area contributed by atoms with Gasteiger partial charge in [0.1, 0.15) is 5.82 Å². The molecule has 0 saturated carbocycles. The predicted molar refractivity (Wildman–Crippen MR) is 109 cm³/mol. The number of amides is 1. The molecule has 3 rings (SSSR count). The minimum atomic E-state index is -0.306. The van der Waals surface area contributed by atoms with E-state index >= 15 is 0 Å². The van der Waals surface area contributed by atoms with Crippen LogP contribution in [-0.4, -0.2) is 44.0 Å². The molecule has 0 spiro atoms. The van der Waals surface area contributed by atoms with Crippen LogP contribution in [0.2, 0.25) is 0 Å². The minimum absolute atomic E-state index is 0.266. The van der Waals surface area contributed by atoms with Crippen molar-refractivity contribution in [1.82, 2.24) is 25.0 Å². The maximum Gasteiger partial charge on any atom is 0.277 e. The first kappa shape index (κ1) is 19.3. The Balaban J connectivity index is 1.69. The third-order valence-electron chi connectivity index (χ3n) is 4.16. The Morgan fingerprint density at radius 2 is 1.79 bits per heavy atom. The molecule has 1 amide bonds. The van der Waals surface area contributed by atoms with Gasteiger partial charge in [0.25, 0.3) is 5.91 Å². The quantitative estimate of drug-likeness (QED) is 0.650. The van der Waals surface area contributed by atoms with E-state index in [2.05, 4.69) is 49.7 Å². The molecule has 28 heavy (non-hydrogen) atoms. The van der Waals surface area contributed by atoms with Gasteiger partial charge in [-0.25, -0.2) is 4.98 Å². The van der Waals surface area contributed by atoms with Gasteiger partial charge in [-0.05, 0) is 45.0 Å². The average molecular weight is 380 g/mol. The normalized spacial score (nSPS) is 10.6. The number of benzene rings is 1. The number of rotatable bonds is 7. The van der Waals surface area contributed by atoms with Gasteiger partial charge >= 0.3 is 0 Å². The molecular weight excluding hydrogens is 356 g/mol. The summed E-state index contributed by atoms with van der Waals surface area (Å²) >= 11 is 0. The van der Waals surface area contributed by atoms with Crippen LogP contribution < -0.4 is 15.5 Å². The largest absolute Gasteiger partial charge is 0.357 e. The molecule has 2 aromatic heterocycles. The zero-order valence-electron chi connectivity index (χ0n) is 16.5. The van der Waals surface area contributed by atoms with Crippen LogP contribution in [0.25, 0.3) is 0 Å². The third-order valence-corrected chi connectivity index (χ3v) is 4.16. The fourth-order valence-electron chi connectivity index (χ4n) is 2.73. The fourth-order valence-corrected chi connectivity index (χ4v) is 2.73. The van der Waals surface area contributed by atoms with Crippen molar-refractivity contribution < 1.29 is 4.79 Å². The maximum atomic E-state index is 12.1. The summed E-state index contributed by atoms with van der Waals surface area (Å²) in [5, 5.41) is 13.6. The Hall–Kier alpha value is -3.49. The molecule has 0 bridgehead atoms. The van der Waals surface area contributed by atoms with E-state index in [4.69, 9.17) is 0 Å². The molecular formula is C19H24N8O. The van der Waals surface area contributed by atoms with Crippen molar-refractivity contribution in [2.24, 2.45) is 7.05 Å². The number of aryl methyl sites for hydroxylation is 2. The van der Waals surface area contributed by atoms with E-state index < -0.39 is 0 Å². The van der Waals surface area contributed by atoms with E-state index in [1.54, 1.807) is 25.4 Å². The highest BCUT2D eigenvalue weighted by Gasteiger charge is 2.11. The monoisotopic (exact) mass is 380 g/mol. The Morgan fingerprint density at radius 1 is 1.11 bits per heavy atom. The zero-order valence-corrected chi connectivity index (χ0v) is 16.5. The molecule has 0 aliphatic heterocycles. The van der Waals surface area contributed by atoms with Crippen LogP contribution >= 0.6 is 0 Å². The Morgan fingerprint density at radius 3 is 2.39 bits per heavy atom. The van der Waals surface area contributed by atoms with Crippen molar-refractivity contribution in [2.75, 3.05) is 28.6 Å². The van der Waals surface area contributed by atoms with Crippen LogP contribution in [0.15, 0.2) is 36.5 Å². The Labute approximate surface area is 163 Å². The molecule has 2 N–H and O–H groups in total. The summed E-state index contributed by atoms with van der Waals surface area (Å²) in [6.45, 7) is 7.91.